The van der Waals surface area contributed by atoms with E-state index in [9.17, 15) is 14.7 Å². The molecule has 3 atom stereocenters. The van der Waals surface area contributed by atoms with Crippen LogP contribution in [0.2, 0.25) is 0 Å². The maximum atomic E-state index is 12.6. The maximum Gasteiger partial charge on any atom is 0.320 e. The molecule has 3 saturated heterocycles. The molecule has 0 aromatic carbocycles. The minimum Gasteiger partial charge on any atom is -0.481 e. The predicted octanol–water partition coefficient (Wildman–Crippen LogP) is 1.07. The van der Waals surface area contributed by atoms with Crippen LogP contribution in [0.4, 0.5) is 4.79 Å². The van der Waals surface area contributed by atoms with Crippen molar-refractivity contribution in [3.8, 4) is 0 Å². The monoisotopic (exact) mass is 295 g/mol. The molecule has 6 nitrogen and oxygen atoms in total. The Hall–Kier alpha value is -1.30. The largest absolute Gasteiger partial charge is 0.481 e. The zero-order chi connectivity index (χ0) is 15.0. The Morgan fingerprint density at radius 1 is 1.24 bits per heavy atom. The summed E-state index contributed by atoms with van der Waals surface area (Å²) in [6.07, 6.45) is 4.95. The fraction of sp³-hybridized carbons (Fsp3) is 0.867. The minimum absolute atomic E-state index is 0.0189. The van der Waals surface area contributed by atoms with Crippen molar-refractivity contribution in [3.63, 3.8) is 0 Å². The van der Waals surface area contributed by atoms with Crippen molar-refractivity contribution in [2.24, 2.45) is 5.92 Å². The van der Waals surface area contributed by atoms with Gasteiger partial charge in [-0.2, -0.15) is 0 Å². The fourth-order valence-electron chi connectivity index (χ4n) is 4.14. The summed E-state index contributed by atoms with van der Waals surface area (Å²) in [6.45, 7) is 3.93. The first kappa shape index (κ1) is 14.6. The number of carbonyl (C=O) groups excluding carboxylic acids is 1. The molecule has 3 aliphatic rings. The third kappa shape index (κ3) is 2.73. The van der Waals surface area contributed by atoms with Gasteiger partial charge in [0.25, 0.3) is 0 Å². The SMILES string of the molecule is CN(CCN1CCCC1)C(=O)N1C2CCC1C(C(=O)O)C2. The van der Waals surface area contributed by atoms with E-state index in [1.807, 2.05) is 11.9 Å². The molecule has 0 aromatic heterocycles. The summed E-state index contributed by atoms with van der Waals surface area (Å²) in [5, 5.41) is 9.26. The predicted molar refractivity (Wildman–Crippen MR) is 78.1 cm³/mol. The van der Waals surface area contributed by atoms with E-state index in [0.29, 0.717) is 6.42 Å². The molecule has 3 heterocycles. The van der Waals surface area contributed by atoms with Gasteiger partial charge in [-0.1, -0.05) is 0 Å². The molecule has 3 fully saturated rings. The Kier molecular flexibility index (Phi) is 4.06. The molecule has 0 aliphatic carbocycles. The quantitative estimate of drug-likeness (QED) is 0.842. The smallest absolute Gasteiger partial charge is 0.320 e. The molecular formula is C15H25N3O3. The highest BCUT2D eigenvalue weighted by molar-refractivity contribution is 5.79. The molecule has 2 bridgehead atoms. The highest BCUT2D eigenvalue weighted by Crippen LogP contribution is 2.42. The lowest BCUT2D eigenvalue weighted by Gasteiger charge is -2.30. The molecule has 118 valence electrons. The second kappa shape index (κ2) is 5.83. The van der Waals surface area contributed by atoms with Crippen LogP contribution in [0.25, 0.3) is 0 Å². The zero-order valence-corrected chi connectivity index (χ0v) is 12.7. The first-order valence-electron chi connectivity index (χ1n) is 8.06. The van der Waals surface area contributed by atoms with Crippen LogP contribution >= 0.6 is 0 Å². The minimum atomic E-state index is -0.750. The van der Waals surface area contributed by atoms with Gasteiger partial charge in [0.05, 0.1) is 5.92 Å². The van der Waals surface area contributed by atoms with E-state index in [-0.39, 0.29) is 24.0 Å². The first-order valence-corrected chi connectivity index (χ1v) is 8.06. The number of rotatable bonds is 4. The maximum absolute atomic E-state index is 12.6. The number of aliphatic carboxylic acids is 1. The molecule has 0 spiro atoms. The Morgan fingerprint density at radius 2 is 1.95 bits per heavy atom. The zero-order valence-electron chi connectivity index (χ0n) is 12.7. The van der Waals surface area contributed by atoms with Gasteiger partial charge in [0.15, 0.2) is 0 Å². The number of hydrogen-bond acceptors (Lipinski definition) is 3. The number of amides is 2. The summed E-state index contributed by atoms with van der Waals surface area (Å²) in [5.41, 5.74) is 0. The topological polar surface area (TPSA) is 64.1 Å². The van der Waals surface area contributed by atoms with Gasteiger partial charge >= 0.3 is 12.0 Å². The summed E-state index contributed by atoms with van der Waals surface area (Å²) in [7, 11) is 1.84. The number of carbonyl (C=O) groups is 2. The summed E-state index contributed by atoms with van der Waals surface area (Å²) in [4.78, 5) is 29.9. The van der Waals surface area contributed by atoms with Gasteiger partial charge in [0.1, 0.15) is 0 Å². The van der Waals surface area contributed by atoms with E-state index in [2.05, 4.69) is 4.90 Å². The highest BCUT2D eigenvalue weighted by atomic mass is 16.4. The van der Waals surface area contributed by atoms with Crippen LogP contribution in [-0.2, 0) is 4.79 Å². The Labute approximate surface area is 125 Å². The van der Waals surface area contributed by atoms with E-state index in [4.69, 9.17) is 0 Å². The molecule has 3 rings (SSSR count). The van der Waals surface area contributed by atoms with E-state index >= 15 is 0 Å². The summed E-state index contributed by atoms with van der Waals surface area (Å²) < 4.78 is 0. The Balaban J connectivity index is 1.56. The molecular weight excluding hydrogens is 270 g/mol. The van der Waals surface area contributed by atoms with Gasteiger partial charge in [-0.3, -0.25) is 4.79 Å². The van der Waals surface area contributed by atoms with Gasteiger partial charge in [0, 0.05) is 32.2 Å². The van der Waals surface area contributed by atoms with Crippen molar-refractivity contribution in [1.82, 2.24) is 14.7 Å². The molecule has 3 unspecified atom stereocenters. The normalized spacial score (nSPS) is 31.9. The molecule has 0 saturated carbocycles. The van der Waals surface area contributed by atoms with Crippen molar-refractivity contribution >= 4 is 12.0 Å². The molecule has 21 heavy (non-hydrogen) atoms. The molecule has 0 aromatic rings. The third-order valence-electron chi connectivity index (χ3n) is 5.35. The summed E-state index contributed by atoms with van der Waals surface area (Å²) >= 11 is 0. The first-order chi connectivity index (χ1) is 10.1. The van der Waals surface area contributed by atoms with Crippen LogP contribution in [0, 0.1) is 5.92 Å². The highest BCUT2D eigenvalue weighted by Gasteiger charge is 2.51. The number of urea groups is 1. The van der Waals surface area contributed by atoms with Crippen LogP contribution in [0.1, 0.15) is 32.1 Å². The molecule has 6 heteroatoms. The summed E-state index contributed by atoms with van der Waals surface area (Å²) in [6, 6.07) is 0.0671. The van der Waals surface area contributed by atoms with Gasteiger partial charge < -0.3 is 19.8 Å². The lowest BCUT2D eigenvalue weighted by molar-refractivity contribution is -0.142. The number of carboxylic acid groups (broad SMARTS) is 1. The van der Waals surface area contributed by atoms with Gasteiger partial charge in [-0.25, -0.2) is 4.79 Å². The summed E-state index contributed by atoms with van der Waals surface area (Å²) in [5.74, 6) is -1.11. The van der Waals surface area contributed by atoms with E-state index in [0.717, 1.165) is 39.0 Å². The molecule has 3 aliphatic heterocycles. The van der Waals surface area contributed by atoms with Crippen LogP contribution in [0.15, 0.2) is 0 Å². The number of likely N-dealkylation sites (N-methyl/N-ethyl adjacent to an activating group) is 1. The number of fused-ring (bicyclic) bond motifs is 2. The van der Waals surface area contributed by atoms with Gasteiger partial charge in [-0.15, -0.1) is 0 Å². The van der Waals surface area contributed by atoms with Crippen molar-refractivity contribution in [1.29, 1.82) is 0 Å². The lowest BCUT2D eigenvalue weighted by atomic mass is 9.89. The standard InChI is InChI=1S/C15H25N3O3/c1-16(8-9-17-6-2-3-7-17)15(21)18-11-4-5-13(18)12(10-11)14(19)20/h11-13H,2-10H2,1H3,(H,19,20). The lowest BCUT2D eigenvalue weighted by Crippen LogP contribution is -2.47. The van der Waals surface area contributed by atoms with Crippen LogP contribution in [0.3, 0.4) is 0 Å². The Bertz CT molecular complexity index is 422. The van der Waals surface area contributed by atoms with E-state index < -0.39 is 5.97 Å². The molecule has 2 amide bonds. The van der Waals surface area contributed by atoms with Crippen LogP contribution < -0.4 is 0 Å². The van der Waals surface area contributed by atoms with Crippen LogP contribution in [-0.4, -0.2) is 77.1 Å². The fourth-order valence-corrected chi connectivity index (χ4v) is 4.14. The van der Waals surface area contributed by atoms with Crippen molar-refractivity contribution < 1.29 is 14.7 Å². The van der Waals surface area contributed by atoms with Crippen molar-refractivity contribution in [2.45, 2.75) is 44.2 Å². The average molecular weight is 295 g/mol. The number of carboxylic acids is 1. The van der Waals surface area contributed by atoms with Crippen molar-refractivity contribution in [2.75, 3.05) is 33.2 Å². The second-order valence-corrected chi connectivity index (χ2v) is 6.64. The number of hydrogen-bond donors (Lipinski definition) is 1. The average Bonchev–Trinajstić information content (AvgIpc) is 3.18. The Morgan fingerprint density at radius 3 is 2.57 bits per heavy atom. The third-order valence-corrected chi connectivity index (χ3v) is 5.35. The van der Waals surface area contributed by atoms with E-state index in [1.165, 1.54) is 12.8 Å². The number of nitrogens with zero attached hydrogens (tertiary/aromatic N) is 3. The van der Waals surface area contributed by atoms with Crippen LogP contribution in [0.5, 0.6) is 0 Å². The molecule has 0 radical (unpaired) electrons. The second-order valence-electron chi connectivity index (χ2n) is 6.64. The van der Waals surface area contributed by atoms with Gasteiger partial charge in [-0.05, 0) is 45.2 Å². The molecule has 1 N–H and O–H groups in total. The van der Waals surface area contributed by atoms with Gasteiger partial charge in [0.2, 0.25) is 0 Å². The number of likely N-dealkylation sites (tertiary alicyclic amines) is 1. The van der Waals surface area contributed by atoms with Crippen molar-refractivity contribution in [3.05, 3.63) is 0 Å². The van der Waals surface area contributed by atoms with E-state index in [1.54, 1.807) is 4.90 Å².